The third kappa shape index (κ3) is 3.45. The lowest BCUT2D eigenvalue weighted by atomic mass is 10.2. The molecule has 0 saturated heterocycles. The lowest BCUT2D eigenvalue weighted by Crippen LogP contribution is -2.36. The molecule has 0 aromatic heterocycles. The lowest BCUT2D eigenvalue weighted by Gasteiger charge is -2.14. The van der Waals surface area contributed by atoms with Crippen molar-refractivity contribution >= 4 is 23.3 Å². The number of carbonyl (C=O) groups excluding carboxylic acids is 2. The molecule has 3 amide bonds. The van der Waals surface area contributed by atoms with Crippen LogP contribution in [0.2, 0.25) is 0 Å². The summed E-state index contributed by atoms with van der Waals surface area (Å²) in [6.45, 7) is 0.369. The number of hydrogen-bond donors (Lipinski definition) is 3. The predicted octanol–water partition coefficient (Wildman–Crippen LogP) is 2.47. The minimum atomic E-state index is -0.206. The van der Waals surface area contributed by atoms with Crippen molar-refractivity contribution in [1.29, 1.82) is 0 Å². The quantitative estimate of drug-likeness (QED) is 0.782. The Bertz CT molecular complexity index is 553. The maximum absolute atomic E-state index is 11.9. The van der Waals surface area contributed by atoms with Gasteiger partial charge in [-0.1, -0.05) is 12.8 Å². The van der Waals surface area contributed by atoms with Crippen molar-refractivity contribution < 1.29 is 14.3 Å². The van der Waals surface area contributed by atoms with Crippen LogP contribution in [0, 0.1) is 0 Å². The van der Waals surface area contributed by atoms with Crippen molar-refractivity contribution in [2.45, 2.75) is 38.1 Å². The Morgan fingerprint density at radius 2 is 2.10 bits per heavy atom. The fraction of sp³-hybridized carbons (Fsp3) is 0.467. The van der Waals surface area contributed by atoms with E-state index in [9.17, 15) is 9.59 Å². The van der Waals surface area contributed by atoms with Crippen LogP contribution in [-0.2, 0) is 4.79 Å². The van der Waals surface area contributed by atoms with Crippen LogP contribution in [0.25, 0.3) is 0 Å². The van der Waals surface area contributed by atoms with Gasteiger partial charge in [0.2, 0.25) is 5.91 Å². The summed E-state index contributed by atoms with van der Waals surface area (Å²) in [5.41, 5.74) is 1.23. The minimum Gasteiger partial charge on any atom is -0.491 e. The van der Waals surface area contributed by atoms with Crippen LogP contribution < -0.4 is 20.7 Å². The normalized spacial score (nSPS) is 18.2. The number of benzene rings is 1. The number of fused-ring (bicyclic) bond motifs is 1. The Kier molecular flexibility index (Phi) is 3.94. The minimum absolute atomic E-state index is 0.0821. The van der Waals surface area contributed by atoms with Gasteiger partial charge >= 0.3 is 6.03 Å². The Labute approximate surface area is 123 Å². The first-order valence-corrected chi connectivity index (χ1v) is 7.35. The predicted molar refractivity (Wildman–Crippen MR) is 79.6 cm³/mol. The zero-order valence-corrected chi connectivity index (χ0v) is 11.8. The van der Waals surface area contributed by atoms with Crippen LogP contribution >= 0.6 is 0 Å². The zero-order valence-electron chi connectivity index (χ0n) is 11.8. The monoisotopic (exact) mass is 289 g/mol. The van der Waals surface area contributed by atoms with E-state index in [4.69, 9.17) is 4.74 Å². The van der Waals surface area contributed by atoms with Crippen molar-refractivity contribution in [3.8, 4) is 5.75 Å². The Morgan fingerprint density at radius 3 is 2.90 bits per heavy atom. The van der Waals surface area contributed by atoms with Crippen LogP contribution in [0.15, 0.2) is 18.2 Å². The average molecular weight is 289 g/mol. The van der Waals surface area contributed by atoms with E-state index in [1.54, 1.807) is 18.2 Å². The molecular weight excluding hydrogens is 270 g/mol. The molecule has 1 aliphatic carbocycles. The molecular formula is C15H19N3O3. The molecule has 0 spiro atoms. The van der Waals surface area contributed by atoms with Gasteiger partial charge in [-0.2, -0.15) is 0 Å². The molecule has 0 atom stereocenters. The molecule has 1 fully saturated rings. The van der Waals surface area contributed by atoms with Crippen LogP contribution in [0.3, 0.4) is 0 Å². The second kappa shape index (κ2) is 6.03. The highest BCUT2D eigenvalue weighted by molar-refractivity contribution is 5.95. The van der Waals surface area contributed by atoms with Crippen molar-refractivity contribution in [3.63, 3.8) is 0 Å². The highest BCUT2D eigenvalue weighted by Crippen LogP contribution is 2.30. The summed E-state index contributed by atoms with van der Waals surface area (Å²) in [6, 6.07) is 5.31. The molecule has 1 heterocycles. The molecule has 0 unspecified atom stereocenters. The second-order valence-electron chi connectivity index (χ2n) is 5.44. The van der Waals surface area contributed by atoms with Crippen molar-refractivity contribution in [2.24, 2.45) is 0 Å². The van der Waals surface area contributed by atoms with Gasteiger partial charge in [0.1, 0.15) is 5.75 Å². The highest BCUT2D eigenvalue weighted by atomic mass is 16.5. The van der Waals surface area contributed by atoms with Crippen LogP contribution in [0.5, 0.6) is 5.75 Å². The summed E-state index contributed by atoms with van der Waals surface area (Å²) < 4.78 is 5.47. The number of nitrogens with one attached hydrogen (secondary N) is 3. The number of rotatable bonds is 2. The van der Waals surface area contributed by atoms with E-state index in [1.807, 2.05) is 0 Å². The SMILES string of the molecule is O=C1CCOc2ccc(NC(=O)NC3CCCC3)cc2N1. The number of ether oxygens (including phenoxy) is 1. The molecule has 0 radical (unpaired) electrons. The summed E-state index contributed by atoms with van der Waals surface area (Å²) >= 11 is 0. The van der Waals surface area contributed by atoms with Crippen LogP contribution in [-0.4, -0.2) is 24.6 Å². The smallest absolute Gasteiger partial charge is 0.319 e. The highest BCUT2D eigenvalue weighted by Gasteiger charge is 2.18. The van der Waals surface area contributed by atoms with E-state index in [1.165, 1.54) is 12.8 Å². The Balaban J connectivity index is 1.65. The van der Waals surface area contributed by atoms with Crippen molar-refractivity contribution in [2.75, 3.05) is 17.2 Å². The summed E-state index contributed by atoms with van der Waals surface area (Å²) in [7, 11) is 0. The largest absolute Gasteiger partial charge is 0.491 e. The van der Waals surface area contributed by atoms with Gasteiger partial charge in [0.05, 0.1) is 18.7 Å². The molecule has 6 nitrogen and oxygen atoms in total. The van der Waals surface area contributed by atoms with E-state index in [0.717, 1.165) is 12.8 Å². The van der Waals surface area contributed by atoms with Crippen LogP contribution in [0.1, 0.15) is 32.1 Å². The number of amides is 3. The van der Waals surface area contributed by atoms with E-state index in [2.05, 4.69) is 16.0 Å². The molecule has 1 aromatic rings. The van der Waals surface area contributed by atoms with Gasteiger partial charge in [-0.05, 0) is 31.0 Å². The fourth-order valence-electron chi connectivity index (χ4n) is 2.72. The second-order valence-corrected chi connectivity index (χ2v) is 5.44. The van der Waals surface area contributed by atoms with E-state index < -0.39 is 0 Å². The summed E-state index contributed by atoms with van der Waals surface area (Å²) in [4.78, 5) is 23.4. The maximum atomic E-state index is 11.9. The van der Waals surface area contributed by atoms with Gasteiger partial charge in [-0.25, -0.2) is 4.79 Å². The Morgan fingerprint density at radius 1 is 1.29 bits per heavy atom. The maximum Gasteiger partial charge on any atom is 0.319 e. The van der Waals surface area contributed by atoms with E-state index in [-0.39, 0.29) is 18.0 Å². The summed E-state index contributed by atoms with van der Waals surface area (Å²) in [5, 5.41) is 8.53. The van der Waals surface area contributed by atoms with Gasteiger partial charge in [-0.3, -0.25) is 4.79 Å². The molecule has 0 bridgehead atoms. The number of hydrogen-bond acceptors (Lipinski definition) is 3. The summed E-state index contributed by atoms with van der Waals surface area (Å²) in [6.07, 6.45) is 4.77. The molecule has 2 aliphatic rings. The molecule has 3 N–H and O–H groups in total. The first kappa shape index (κ1) is 13.7. The average Bonchev–Trinajstić information content (AvgIpc) is 2.86. The van der Waals surface area contributed by atoms with Crippen LogP contribution in [0.4, 0.5) is 16.2 Å². The van der Waals surface area contributed by atoms with Gasteiger partial charge in [-0.15, -0.1) is 0 Å². The molecule has 112 valence electrons. The topological polar surface area (TPSA) is 79.5 Å². The lowest BCUT2D eigenvalue weighted by molar-refractivity contribution is -0.116. The summed E-state index contributed by atoms with van der Waals surface area (Å²) in [5.74, 6) is 0.545. The molecule has 1 aromatic carbocycles. The number of anilines is 2. The zero-order chi connectivity index (χ0) is 14.7. The third-order valence-corrected chi connectivity index (χ3v) is 3.79. The molecule has 6 heteroatoms. The fourth-order valence-corrected chi connectivity index (χ4v) is 2.72. The third-order valence-electron chi connectivity index (χ3n) is 3.79. The van der Waals surface area contributed by atoms with Crippen molar-refractivity contribution in [1.82, 2.24) is 5.32 Å². The standard InChI is InChI=1S/C15H19N3O3/c19-14-7-8-21-13-6-5-11(9-12(13)18-14)17-15(20)16-10-3-1-2-4-10/h5-6,9-10H,1-4,7-8H2,(H,18,19)(H2,16,17,20). The number of urea groups is 1. The van der Waals surface area contributed by atoms with Gasteiger partial charge in [0.25, 0.3) is 0 Å². The molecule has 1 aliphatic heterocycles. The molecule has 1 saturated carbocycles. The van der Waals surface area contributed by atoms with E-state index in [0.29, 0.717) is 30.2 Å². The van der Waals surface area contributed by atoms with Crippen molar-refractivity contribution in [3.05, 3.63) is 18.2 Å². The molecule has 3 rings (SSSR count). The van der Waals surface area contributed by atoms with Gasteiger partial charge < -0.3 is 20.7 Å². The van der Waals surface area contributed by atoms with E-state index >= 15 is 0 Å². The first-order chi connectivity index (χ1) is 10.2. The van der Waals surface area contributed by atoms with Gasteiger partial charge in [0, 0.05) is 11.7 Å². The molecule has 21 heavy (non-hydrogen) atoms. The van der Waals surface area contributed by atoms with Gasteiger partial charge in [0.15, 0.2) is 0 Å². The Hall–Kier alpha value is -2.24. The first-order valence-electron chi connectivity index (χ1n) is 7.35. The number of carbonyl (C=O) groups is 2.